The molecule has 1 rings (SSSR count). The van der Waals surface area contributed by atoms with Crippen LogP contribution in [0.4, 0.5) is 13.2 Å². The zero-order chi connectivity index (χ0) is 16.1. The van der Waals surface area contributed by atoms with E-state index in [1.54, 1.807) is 0 Å². The SMILES string of the molecule is CC(C)(N)CCC(=O)NC1CCCC(OCC(F)(F)F)C1. The van der Waals surface area contributed by atoms with Crippen molar-refractivity contribution in [2.24, 2.45) is 5.73 Å². The number of ether oxygens (including phenoxy) is 1. The molecule has 0 aliphatic heterocycles. The molecule has 2 atom stereocenters. The van der Waals surface area contributed by atoms with E-state index in [4.69, 9.17) is 10.5 Å². The van der Waals surface area contributed by atoms with Gasteiger partial charge in [-0.05, 0) is 46.0 Å². The van der Waals surface area contributed by atoms with Crippen LogP contribution in [0.15, 0.2) is 0 Å². The lowest BCUT2D eigenvalue weighted by molar-refractivity contribution is -0.188. The Balaban J connectivity index is 2.30. The highest BCUT2D eigenvalue weighted by Gasteiger charge is 2.31. The topological polar surface area (TPSA) is 64.4 Å². The third-order valence-electron chi connectivity index (χ3n) is 3.47. The first-order valence-electron chi connectivity index (χ1n) is 7.32. The standard InChI is InChI=1S/C14H25F3N2O2/c1-13(2,18)7-6-12(20)19-10-4-3-5-11(8-10)21-9-14(15,16)17/h10-11H,3-9,18H2,1-2H3,(H,19,20). The molecule has 4 nitrogen and oxygen atoms in total. The van der Waals surface area contributed by atoms with Gasteiger partial charge in [-0.2, -0.15) is 13.2 Å². The van der Waals surface area contributed by atoms with Crippen LogP contribution in [0, 0.1) is 0 Å². The summed E-state index contributed by atoms with van der Waals surface area (Å²) in [5.74, 6) is -0.102. The minimum atomic E-state index is -4.30. The van der Waals surface area contributed by atoms with Gasteiger partial charge in [-0.3, -0.25) is 4.79 Å². The van der Waals surface area contributed by atoms with Crippen LogP contribution in [0.5, 0.6) is 0 Å². The van der Waals surface area contributed by atoms with Gasteiger partial charge < -0.3 is 15.8 Å². The number of hydrogen-bond donors (Lipinski definition) is 2. The Morgan fingerprint density at radius 2 is 2.00 bits per heavy atom. The largest absolute Gasteiger partial charge is 0.411 e. The quantitative estimate of drug-likeness (QED) is 0.792. The minimum absolute atomic E-state index is 0.102. The molecule has 0 aromatic heterocycles. The average Bonchev–Trinajstić information content (AvgIpc) is 2.33. The van der Waals surface area contributed by atoms with Crippen LogP contribution in [0.2, 0.25) is 0 Å². The molecule has 2 unspecified atom stereocenters. The van der Waals surface area contributed by atoms with E-state index < -0.39 is 24.4 Å². The van der Waals surface area contributed by atoms with Crippen molar-refractivity contribution >= 4 is 5.91 Å². The molecule has 21 heavy (non-hydrogen) atoms. The fourth-order valence-electron chi connectivity index (χ4n) is 2.38. The summed E-state index contributed by atoms with van der Waals surface area (Å²) in [5.41, 5.74) is 5.41. The highest BCUT2D eigenvalue weighted by Crippen LogP contribution is 2.24. The van der Waals surface area contributed by atoms with Crippen molar-refractivity contribution in [3.05, 3.63) is 0 Å². The number of alkyl halides is 3. The maximum absolute atomic E-state index is 12.1. The Kier molecular flexibility index (Phi) is 6.46. The van der Waals surface area contributed by atoms with Crippen LogP contribution in [-0.4, -0.2) is 36.4 Å². The van der Waals surface area contributed by atoms with Crippen molar-refractivity contribution in [3.8, 4) is 0 Å². The summed E-state index contributed by atoms with van der Waals surface area (Å²) in [6.45, 7) is 2.48. The molecule has 0 spiro atoms. The highest BCUT2D eigenvalue weighted by molar-refractivity contribution is 5.76. The average molecular weight is 310 g/mol. The van der Waals surface area contributed by atoms with Crippen LogP contribution >= 0.6 is 0 Å². The Hall–Kier alpha value is -0.820. The van der Waals surface area contributed by atoms with Crippen molar-refractivity contribution in [1.29, 1.82) is 0 Å². The van der Waals surface area contributed by atoms with Crippen LogP contribution in [0.1, 0.15) is 52.4 Å². The first-order chi connectivity index (χ1) is 9.55. The van der Waals surface area contributed by atoms with Crippen molar-refractivity contribution in [2.45, 2.75) is 76.2 Å². The van der Waals surface area contributed by atoms with Gasteiger partial charge in [0, 0.05) is 18.0 Å². The summed E-state index contributed by atoms with van der Waals surface area (Å²) < 4.78 is 41.2. The van der Waals surface area contributed by atoms with Crippen LogP contribution < -0.4 is 11.1 Å². The van der Waals surface area contributed by atoms with Crippen molar-refractivity contribution < 1.29 is 22.7 Å². The molecule has 1 fully saturated rings. The number of hydrogen-bond acceptors (Lipinski definition) is 3. The molecular weight excluding hydrogens is 285 g/mol. The summed E-state index contributed by atoms with van der Waals surface area (Å²) >= 11 is 0. The summed E-state index contributed by atoms with van der Waals surface area (Å²) in [6.07, 6.45) is -1.25. The van der Waals surface area contributed by atoms with Gasteiger partial charge in [0.05, 0.1) is 6.10 Å². The van der Waals surface area contributed by atoms with E-state index in [-0.39, 0.29) is 11.9 Å². The molecule has 7 heteroatoms. The summed E-state index contributed by atoms with van der Waals surface area (Å²) in [5, 5.41) is 2.86. The zero-order valence-corrected chi connectivity index (χ0v) is 12.6. The second-order valence-corrected chi connectivity index (χ2v) is 6.47. The summed E-state index contributed by atoms with van der Waals surface area (Å²) in [7, 11) is 0. The van der Waals surface area contributed by atoms with Gasteiger partial charge in [0.15, 0.2) is 0 Å². The third kappa shape index (κ3) is 8.93. The first kappa shape index (κ1) is 18.2. The lowest BCUT2D eigenvalue weighted by atomic mass is 9.92. The second-order valence-electron chi connectivity index (χ2n) is 6.47. The lowest BCUT2D eigenvalue weighted by Gasteiger charge is -2.30. The highest BCUT2D eigenvalue weighted by atomic mass is 19.4. The van der Waals surface area contributed by atoms with E-state index in [1.165, 1.54) is 0 Å². The molecule has 0 bridgehead atoms. The summed E-state index contributed by atoms with van der Waals surface area (Å²) in [6, 6.07) is -0.106. The van der Waals surface area contributed by atoms with Crippen LogP contribution in [0.3, 0.4) is 0 Å². The lowest BCUT2D eigenvalue weighted by Crippen LogP contribution is -2.42. The van der Waals surface area contributed by atoms with E-state index in [2.05, 4.69) is 5.32 Å². The molecule has 1 amide bonds. The van der Waals surface area contributed by atoms with Gasteiger partial charge in [-0.15, -0.1) is 0 Å². The normalized spacial score (nSPS) is 23.9. The maximum atomic E-state index is 12.1. The molecule has 0 radical (unpaired) electrons. The molecule has 124 valence electrons. The minimum Gasteiger partial charge on any atom is -0.369 e. The van der Waals surface area contributed by atoms with Crippen molar-refractivity contribution in [3.63, 3.8) is 0 Å². The van der Waals surface area contributed by atoms with E-state index in [0.29, 0.717) is 25.7 Å². The predicted molar refractivity (Wildman–Crippen MR) is 73.7 cm³/mol. The smallest absolute Gasteiger partial charge is 0.369 e. The monoisotopic (exact) mass is 310 g/mol. The number of nitrogens with two attached hydrogens (primary N) is 1. The Morgan fingerprint density at radius 1 is 1.33 bits per heavy atom. The Bertz CT molecular complexity index is 340. The molecule has 1 aliphatic rings. The van der Waals surface area contributed by atoms with Gasteiger partial charge >= 0.3 is 6.18 Å². The summed E-state index contributed by atoms with van der Waals surface area (Å²) in [4.78, 5) is 11.8. The number of rotatable bonds is 6. The second kappa shape index (κ2) is 7.45. The third-order valence-corrected chi connectivity index (χ3v) is 3.47. The Morgan fingerprint density at radius 3 is 2.57 bits per heavy atom. The molecule has 0 saturated heterocycles. The van der Waals surface area contributed by atoms with E-state index >= 15 is 0 Å². The predicted octanol–water partition coefficient (Wildman–Crippen LogP) is 2.51. The number of nitrogens with one attached hydrogen (secondary N) is 1. The number of halogens is 3. The fraction of sp³-hybridized carbons (Fsp3) is 0.929. The fourth-order valence-corrected chi connectivity index (χ4v) is 2.38. The number of amides is 1. The molecule has 1 aliphatic carbocycles. The van der Waals surface area contributed by atoms with Gasteiger partial charge in [0.1, 0.15) is 6.61 Å². The number of carbonyl (C=O) groups excluding carboxylic acids is 1. The number of carbonyl (C=O) groups is 1. The van der Waals surface area contributed by atoms with Crippen molar-refractivity contribution in [1.82, 2.24) is 5.32 Å². The maximum Gasteiger partial charge on any atom is 0.411 e. The van der Waals surface area contributed by atoms with E-state index in [9.17, 15) is 18.0 Å². The molecule has 0 aromatic rings. The molecule has 0 heterocycles. The molecule has 3 N–H and O–H groups in total. The van der Waals surface area contributed by atoms with E-state index in [0.717, 1.165) is 12.8 Å². The molecular formula is C14H25F3N2O2. The van der Waals surface area contributed by atoms with Crippen molar-refractivity contribution in [2.75, 3.05) is 6.61 Å². The van der Waals surface area contributed by atoms with Gasteiger partial charge in [-0.25, -0.2) is 0 Å². The van der Waals surface area contributed by atoms with Gasteiger partial charge in [-0.1, -0.05) is 0 Å². The first-order valence-corrected chi connectivity index (χ1v) is 7.32. The van der Waals surface area contributed by atoms with Gasteiger partial charge in [0.2, 0.25) is 5.91 Å². The van der Waals surface area contributed by atoms with E-state index in [1.807, 2.05) is 13.8 Å². The Labute approximate surface area is 123 Å². The van der Waals surface area contributed by atoms with Crippen LogP contribution in [-0.2, 0) is 9.53 Å². The molecule has 1 saturated carbocycles. The zero-order valence-electron chi connectivity index (χ0n) is 12.6. The van der Waals surface area contributed by atoms with Gasteiger partial charge in [0.25, 0.3) is 0 Å². The molecule has 0 aromatic carbocycles. The van der Waals surface area contributed by atoms with Crippen LogP contribution in [0.25, 0.3) is 0 Å².